The number of Topliss-reactive ketones (excluding diaryl/α,β-unsaturated/α-hetero) is 1. The van der Waals surface area contributed by atoms with Gasteiger partial charge in [-0.1, -0.05) is 42.2 Å². The molecule has 2 heterocycles. The summed E-state index contributed by atoms with van der Waals surface area (Å²) in [6, 6.07) is 8.83. The molecule has 0 spiro atoms. The summed E-state index contributed by atoms with van der Waals surface area (Å²) in [6.07, 6.45) is 1.33. The fourth-order valence-corrected chi connectivity index (χ4v) is 4.19. The van der Waals surface area contributed by atoms with E-state index in [0.29, 0.717) is 42.5 Å². The average Bonchev–Trinajstić information content (AvgIpc) is 3.14. The van der Waals surface area contributed by atoms with Crippen molar-refractivity contribution in [3.8, 4) is 11.6 Å². The van der Waals surface area contributed by atoms with E-state index in [1.54, 1.807) is 31.2 Å². The van der Waals surface area contributed by atoms with Gasteiger partial charge in [0.15, 0.2) is 5.95 Å². The summed E-state index contributed by atoms with van der Waals surface area (Å²) in [7, 11) is 0. The lowest BCUT2D eigenvalue weighted by Gasteiger charge is -2.32. The van der Waals surface area contributed by atoms with E-state index in [4.69, 9.17) is 17.0 Å². The van der Waals surface area contributed by atoms with Crippen LogP contribution in [0.2, 0.25) is 0 Å². The molecule has 1 aliphatic heterocycles. The molecule has 0 saturated carbocycles. The smallest absolute Gasteiger partial charge is 0.309 e. The Morgan fingerprint density at radius 3 is 2.69 bits per heavy atom. The first-order valence-electron chi connectivity index (χ1n) is 9.27. The molecule has 0 aliphatic carbocycles. The normalized spacial score (nSPS) is 14.6. The number of carbonyl (C=O) groups is 2. The van der Waals surface area contributed by atoms with Crippen molar-refractivity contribution in [3.63, 3.8) is 0 Å². The minimum absolute atomic E-state index is 0.0000742. The Morgan fingerprint density at radius 1 is 1.34 bits per heavy atom. The minimum Gasteiger partial charge on any atom is -0.539 e. The number of thioether (sulfide) groups is 1. The third-order valence-electron chi connectivity index (χ3n) is 4.58. The van der Waals surface area contributed by atoms with Crippen LogP contribution >= 0.6 is 24.0 Å². The predicted octanol–water partition coefficient (Wildman–Crippen LogP) is 1.50. The Bertz CT molecular complexity index is 879. The molecule has 29 heavy (non-hydrogen) atoms. The largest absolute Gasteiger partial charge is 0.539 e. The molecule has 0 radical (unpaired) electrons. The van der Waals surface area contributed by atoms with E-state index in [-0.39, 0.29) is 23.3 Å². The van der Waals surface area contributed by atoms with Crippen LogP contribution in [0.15, 0.2) is 34.9 Å². The summed E-state index contributed by atoms with van der Waals surface area (Å²) >= 11 is 6.62. The summed E-state index contributed by atoms with van der Waals surface area (Å²) in [4.78, 5) is 26.4. The van der Waals surface area contributed by atoms with Crippen LogP contribution in [0.3, 0.4) is 0 Å². The van der Waals surface area contributed by atoms with E-state index in [2.05, 4.69) is 9.79 Å². The summed E-state index contributed by atoms with van der Waals surface area (Å²) in [6.45, 7) is 3.43. The van der Waals surface area contributed by atoms with Crippen molar-refractivity contribution < 1.29 is 28.6 Å². The third kappa shape index (κ3) is 5.13. The quantitative estimate of drug-likeness (QED) is 0.289. The van der Waals surface area contributed by atoms with Crippen LogP contribution in [0.25, 0.3) is 5.69 Å². The second-order valence-electron chi connectivity index (χ2n) is 6.45. The van der Waals surface area contributed by atoms with Crippen molar-refractivity contribution in [2.45, 2.75) is 19.8 Å². The molecule has 1 aromatic heterocycles. The van der Waals surface area contributed by atoms with Crippen LogP contribution in [0.5, 0.6) is 5.95 Å². The number of nitrogens with zero attached hydrogens (tertiary/aromatic N) is 3. The standard InChI is InChI=1S/C19H21N3O5S2/c1-2-26-17(24)13-8-10-21(11-9-13)19(28)29-12-15(23)16-18(25)27-20-22(16)14-6-4-3-5-7-14/h3-7,13H,2,8-12H2,1H3. The van der Waals surface area contributed by atoms with Gasteiger partial charge in [0.1, 0.15) is 4.32 Å². The van der Waals surface area contributed by atoms with Crippen molar-refractivity contribution in [1.29, 1.82) is 0 Å². The van der Waals surface area contributed by atoms with E-state index < -0.39 is 11.7 Å². The number of piperidine rings is 1. The van der Waals surface area contributed by atoms with Crippen LogP contribution in [0.1, 0.15) is 30.3 Å². The van der Waals surface area contributed by atoms with Crippen LogP contribution in [0, 0.1) is 5.92 Å². The molecule has 10 heteroatoms. The number of para-hydroxylation sites is 1. The highest BCUT2D eigenvalue weighted by Gasteiger charge is 2.30. The summed E-state index contributed by atoms with van der Waals surface area (Å²) in [5.74, 6) is -1.46. The maximum atomic E-state index is 12.6. The molecule has 3 rings (SSSR count). The van der Waals surface area contributed by atoms with E-state index in [9.17, 15) is 14.7 Å². The molecule has 2 aromatic rings. The van der Waals surface area contributed by atoms with Gasteiger partial charge in [0.05, 0.1) is 23.5 Å². The maximum Gasteiger partial charge on any atom is 0.309 e. The molecule has 1 saturated heterocycles. The van der Waals surface area contributed by atoms with Gasteiger partial charge >= 0.3 is 11.7 Å². The lowest BCUT2D eigenvalue weighted by molar-refractivity contribution is -0.672. The van der Waals surface area contributed by atoms with E-state index in [0.717, 1.165) is 0 Å². The second-order valence-corrected chi connectivity index (χ2v) is 8.06. The van der Waals surface area contributed by atoms with Crippen molar-refractivity contribution in [3.05, 3.63) is 36.0 Å². The highest BCUT2D eigenvalue weighted by Crippen LogP contribution is 2.23. The molecular formula is C19H21N3O5S2. The van der Waals surface area contributed by atoms with Gasteiger partial charge in [-0.3, -0.25) is 9.59 Å². The predicted molar refractivity (Wildman–Crippen MR) is 108 cm³/mol. The average molecular weight is 436 g/mol. The first-order valence-corrected chi connectivity index (χ1v) is 10.7. The van der Waals surface area contributed by atoms with Crippen LogP contribution < -0.4 is 9.79 Å². The number of benzene rings is 1. The zero-order valence-corrected chi connectivity index (χ0v) is 17.5. The molecule has 8 nitrogen and oxygen atoms in total. The Balaban J connectivity index is 1.56. The number of hydrogen-bond donors (Lipinski definition) is 0. The topological polar surface area (TPSA) is 99.6 Å². The highest BCUT2D eigenvalue weighted by atomic mass is 32.2. The van der Waals surface area contributed by atoms with Gasteiger partial charge in [-0.25, -0.2) is 0 Å². The fraction of sp³-hybridized carbons (Fsp3) is 0.421. The van der Waals surface area contributed by atoms with Crippen LogP contribution in [0.4, 0.5) is 0 Å². The van der Waals surface area contributed by atoms with Gasteiger partial charge in [-0.2, -0.15) is 0 Å². The first-order chi connectivity index (χ1) is 14.0. The van der Waals surface area contributed by atoms with E-state index >= 15 is 0 Å². The van der Waals surface area contributed by atoms with Gasteiger partial charge < -0.3 is 19.3 Å². The molecule has 0 bridgehead atoms. The maximum absolute atomic E-state index is 12.6. The minimum atomic E-state index is -0.777. The lowest BCUT2D eigenvalue weighted by atomic mass is 9.97. The Labute approximate surface area is 177 Å². The number of thiocarbonyl (C=S) groups is 1. The molecular weight excluding hydrogens is 414 g/mol. The number of ether oxygens (including phenoxy) is 1. The van der Waals surface area contributed by atoms with E-state index in [1.165, 1.54) is 16.4 Å². The molecule has 1 aliphatic rings. The number of esters is 1. The van der Waals surface area contributed by atoms with E-state index in [1.807, 2.05) is 11.0 Å². The third-order valence-corrected chi connectivity index (χ3v) is 6.10. The number of likely N-dealkylation sites (tertiary alicyclic amines) is 1. The zero-order valence-electron chi connectivity index (χ0n) is 15.9. The monoisotopic (exact) mass is 435 g/mol. The number of hydrogen-bond acceptors (Lipinski definition) is 8. The Kier molecular flexibility index (Phi) is 7.21. The molecule has 1 aromatic carbocycles. The SMILES string of the molecule is CCOC(=O)C1CCN(C(=S)SCC(=O)c2c([O-])on[n+]2-c2ccccc2)CC1. The lowest BCUT2D eigenvalue weighted by Crippen LogP contribution is -2.40. The van der Waals surface area contributed by atoms with Crippen molar-refractivity contribution in [2.75, 3.05) is 25.4 Å². The van der Waals surface area contributed by atoms with Gasteiger partial charge in [-0.05, 0) is 24.4 Å². The Morgan fingerprint density at radius 2 is 2.03 bits per heavy atom. The van der Waals surface area contributed by atoms with Crippen LogP contribution in [-0.2, 0) is 9.53 Å². The van der Waals surface area contributed by atoms with Gasteiger partial charge in [0.25, 0.3) is 0 Å². The van der Waals surface area contributed by atoms with Crippen molar-refractivity contribution in [1.82, 2.24) is 10.2 Å². The summed E-state index contributed by atoms with van der Waals surface area (Å²) in [5, 5.41) is 15.7. The molecule has 0 unspecified atom stereocenters. The molecule has 0 amide bonds. The number of rotatable bonds is 6. The number of aromatic nitrogens is 2. The summed E-state index contributed by atoms with van der Waals surface area (Å²) in [5.41, 5.74) is 0.433. The molecule has 1 fully saturated rings. The second kappa shape index (κ2) is 9.84. The molecule has 0 N–H and O–H groups in total. The Hall–Kier alpha value is -2.46. The zero-order chi connectivity index (χ0) is 20.8. The van der Waals surface area contributed by atoms with Gasteiger partial charge in [-0.15, -0.1) is 0 Å². The molecule has 0 atom stereocenters. The number of ketones is 1. The first kappa shape index (κ1) is 21.3. The number of carbonyl (C=O) groups excluding carboxylic acids is 2. The fourth-order valence-electron chi connectivity index (χ4n) is 3.07. The van der Waals surface area contributed by atoms with Crippen LogP contribution in [-0.4, -0.2) is 51.7 Å². The van der Waals surface area contributed by atoms with Crippen molar-refractivity contribution >= 4 is 40.1 Å². The molecule has 154 valence electrons. The summed E-state index contributed by atoms with van der Waals surface area (Å²) < 4.78 is 11.5. The van der Waals surface area contributed by atoms with Crippen molar-refractivity contribution in [2.24, 2.45) is 5.92 Å². The highest BCUT2D eigenvalue weighted by molar-refractivity contribution is 8.23. The van der Waals surface area contributed by atoms with Gasteiger partial charge in [0, 0.05) is 25.2 Å². The van der Waals surface area contributed by atoms with Gasteiger partial charge in [0.2, 0.25) is 11.5 Å².